The van der Waals surface area contributed by atoms with Crippen molar-refractivity contribution in [2.75, 3.05) is 15.9 Å². The summed E-state index contributed by atoms with van der Waals surface area (Å²) in [6, 6.07) is 7.47. The highest BCUT2D eigenvalue weighted by Crippen LogP contribution is 2.33. The summed E-state index contributed by atoms with van der Waals surface area (Å²) in [5.41, 5.74) is 3.76. The molecule has 0 saturated carbocycles. The fraction of sp³-hybridized carbons (Fsp3) is 0.350. The van der Waals surface area contributed by atoms with Gasteiger partial charge >= 0.3 is 0 Å². The summed E-state index contributed by atoms with van der Waals surface area (Å²) in [6.07, 6.45) is 1.30. The predicted octanol–water partition coefficient (Wildman–Crippen LogP) is 5.10. The molecule has 28 heavy (non-hydrogen) atoms. The number of nitrogens with zero attached hydrogens (tertiary/aromatic N) is 1. The number of halogens is 2. The van der Waals surface area contributed by atoms with Gasteiger partial charge in [-0.3, -0.25) is 9.10 Å². The number of hydrogen-bond donors (Lipinski definition) is 1. The Morgan fingerprint density at radius 2 is 1.68 bits per heavy atom. The number of rotatable bonds is 6. The number of carbonyl (C=O) groups excluding carboxylic acids is 1. The lowest BCUT2D eigenvalue weighted by Gasteiger charge is -2.31. The Morgan fingerprint density at radius 3 is 2.18 bits per heavy atom. The first-order chi connectivity index (χ1) is 13.0. The third-order valence-corrected chi connectivity index (χ3v) is 6.12. The molecule has 8 heteroatoms. The van der Waals surface area contributed by atoms with E-state index < -0.39 is 22.0 Å². The van der Waals surface area contributed by atoms with Gasteiger partial charge in [0.15, 0.2) is 0 Å². The van der Waals surface area contributed by atoms with Crippen molar-refractivity contribution in [2.24, 2.45) is 0 Å². The average Bonchev–Trinajstić information content (AvgIpc) is 2.57. The van der Waals surface area contributed by atoms with E-state index in [1.54, 1.807) is 13.0 Å². The minimum atomic E-state index is -3.80. The number of amides is 1. The van der Waals surface area contributed by atoms with Gasteiger partial charge in [0.1, 0.15) is 6.04 Å². The van der Waals surface area contributed by atoms with E-state index in [-0.39, 0.29) is 17.1 Å². The maximum atomic E-state index is 13.1. The summed E-state index contributed by atoms with van der Waals surface area (Å²) >= 11 is 12.3. The normalized spacial score (nSPS) is 12.5. The van der Waals surface area contributed by atoms with Crippen LogP contribution in [-0.4, -0.2) is 26.6 Å². The molecule has 1 atom stereocenters. The van der Waals surface area contributed by atoms with Gasteiger partial charge in [-0.05, 0) is 56.5 Å². The van der Waals surface area contributed by atoms with Crippen molar-refractivity contribution in [3.63, 3.8) is 0 Å². The van der Waals surface area contributed by atoms with E-state index in [9.17, 15) is 13.2 Å². The molecule has 0 radical (unpaired) electrons. The third-order valence-electron chi connectivity index (χ3n) is 4.40. The van der Waals surface area contributed by atoms with Gasteiger partial charge in [-0.25, -0.2) is 8.42 Å². The first kappa shape index (κ1) is 22.5. The predicted molar refractivity (Wildman–Crippen MR) is 117 cm³/mol. The molecule has 0 aliphatic rings. The number of anilines is 2. The highest BCUT2D eigenvalue weighted by atomic mass is 35.5. The van der Waals surface area contributed by atoms with Gasteiger partial charge in [0.05, 0.1) is 17.0 Å². The van der Waals surface area contributed by atoms with Crippen LogP contribution >= 0.6 is 23.2 Å². The molecular weight excluding hydrogens is 419 g/mol. The van der Waals surface area contributed by atoms with Gasteiger partial charge in [-0.2, -0.15) is 0 Å². The zero-order valence-corrected chi connectivity index (χ0v) is 18.8. The van der Waals surface area contributed by atoms with Crippen LogP contribution in [0.1, 0.15) is 30.0 Å². The monoisotopic (exact) mass is 442 g/mol. The van der Waals surface area contributed by atoms with Gasteiger partial charge in [0.25, 0.3) is 0 Å². The molecule has 0 aliphatic carbocycles. The molecule has 5 nitrogen and oxygen atoms in total. The van der Waals surface area contributed by atoms with Crippen molar-refractivity contribution in [3.05, 3.63) is 57.1 Å². The number of benzene rings is 2. The van der Waals surface area contributed by atoms with Crippen LogP contribution in [-0.2, 0) is 14.8 Å². The van der Waals surface area contributed by atoms with Crippen LogP contribution in [0.25, 0.3) is 0 Å². The Labute approximate surface area is 176 Å². The number of aryl methyl sites for hydroxylation is 3. The second kappa shape index (κ2) is 8.72. The van der Waals surface area contributed by atoms with E-state index in [1.807, 2.05) is 32.9 Å². The number of hydrogen-bond acceptors (Lipinski definition) is 3. The maximum absolute atomic E-state index is 13.1. The minimum Gasteiger partial charge on any atom is -0.324 e. The van der Waals surface area contributed by atoms with Crippen LogP contribution < -0.4 is 9.62 Å². The number of sulfonamides is 1. The highest BCUT2D eigenvalue weighted by molar-refractivity contribution is 7.92. The van der Waals surface area contributed by atoms with Gasteiger partial charge in [-0.15, -0.1) is 0 Å². The molecule has 0 heterocycles. The first-order valence-corrected chi connectivity index (χ1v) is 11.4. The molecule has 2 aromatic rings. The summed E-state index contributed by atoms with van der Waals surface area (Å²) < 4.78 is 26.2. The summed E-state index contributed by atoms with van der Waals surface area (Å²) in [5, 5.41) is 3.42. The van der Waals surface area contributed by atoms with Crippen LogP contribution in [0.4, 0.5) is 11.4 Å². The van der Waals surface area contributed by atoms with Crippen molar-refractivity contribution in [2.45, 2.75) is 40.2 Å². The van der Waals surface area contributed by atoms with E-state index in [4.69, 9.17) is 23.2 Å². The SMILES string of the molecule is CCC(C(=O)Nc1c(C)cc(C)cc1C)N(c1cc(Cl)ccc1Cl)S(C)(=O)=O. The van der Waals surface area contributed by atoms with Gasteiger partial charge in [0, 0.05) is 10.7 Å². The van der Waals surface area contributed by atoms with E-state index >= 15 is 0 Å². The van der Waals surface area contributed by atoms with Crippen molar-refractivity contribution in [1.82, 2.24) is 0 Å². The van der Waals surface area contributed by atoms with Crippen molar-refractivity contribution in [1.29, 1.82) is 0 Å². The second-order valence-electron chi connectivity index (χ2n) is 6.84. The van der Waals surface area contributed by atoms with E-state index in [0.717, 1.165) is 27.3 Å². The van der Waals surface area contributed by atoms with Crippen molar-refractivity contribution in [3.8, 4) is 0 Å². The van der Waals surface area contributed by atoms with Crippen LogP contribution in [0.2, 0.25) is 10.0 Å². The van der Waals surface area contributed by atoms with Gasteiger partial charge < -0.3 is 5.32 Å². The van der Waals surface area contributed by atoms with Crippen molar-refractivity contribution >= 4 is 50.5 Å². The number of nitrogens with one attached hydrogen (secondary N) is 1. The lowest BCUT2D eigenvalue weighted by Crippen LogP contribution is -2.47. The largest absolute Gasteiger partial charge is 0.324 e. The molecule has 2 rings (SSSR count). The lowest BCUT2D eigenvalue weighted by molar-refractivity contribution is -0.117. The summed E-state index contributed by atoms with van der Waals surface area (Å²) in [7, 11) is -3.80. The maximum Gasteiger partial charge on any atom is 0.248 e. The second-order valence-corrected chi connectivity index (χ2v) is 9.54. The lowest BCUT2D eigenvalue weighted by atomic mass is 10.0. The molecule has 1 unspecified atom stereocenters. The molecule has 1 N–H and O–H groups in total. The van der Waals surface area contributed by atoms with Gasteiger partial charge in [0.2, 0.25) is 15.9 Å². The first-order valence-electron chi connectivity index (χ1n) is 8.78. The molecule has 0 bridgehead atoms. The molecule has 0 saturated heterocycles. The highest BCUT2D eigenvalue weighted by Gasteiger charge is 2.33. The Hall–Kier alpha value is -1.76. The molecular formula is C20H24Cl2N2O3S. The topological polar surface area (TPSA) is 66.5 Å². The summed E-state index contributed by atoms with van der Waals surface area (Å²) in [4.78, 5) is 13.1. The fourth-order valence-corrected chi connectivity index (χ4v) is 4.91. The smallest absolute Gasteiger partial charge is 0.248 e. The quantitative estimate of drug-likeness (QED) is 0.676. The van der Waals surface area contributed by atoms with Crippen LogP contribution in [0.3, 0.4) is 0 Å². The van der Waals surface area contributed by atoms with Crippen LogP contribution in [0.5, 0.6) is 0 Å². The standard InChI is InChI=1S/C20H24Cl2N2O3S/c1-6-17(20(25)23-19-13(3)9-12(2)10-14(19)4)24(28(5,26)27)18-11-15(21)7-8-16(18)22/h7-11,17H,6H2,1-5H3,(H,23,25). The Bertz CT molecular complexity index is 984. The zero-order chi connectivity index (χ0) is 21.2. The molecule has 1 amide bonds. The van der Waals surface area contributed by atoms with E-state index in [1.165, 1.54) is 12.1 Å². The molecule has 2 aromatic carbocycles. The van der Waals surface area contributed by atoms with Crippen LogP contribution in [0.15, 0.2) is 30.3 Å². The van der Waals surface area contributed by atoms with E-state index in [2.05, 4.69) is 5.32 Å². The van der Waals surface area contributed by atoms with Gasteiger partial charge in [-0.1, -0.05) is 47.8 Å². The minimum absolute atomic E-state index is 0.177. The zero-order valence-electron chi connectivity index (χ0n) is 16.5. The number of carbonyl (C=O) groups is 1. The Kier molecular flexibility index (Phi) is 7.02. The van der Waals surface area contributed by atoms with E-state index in [0.29, 0.717) is 10.7 Å². The Balaban J connectivity index is 2.50. The molecule has 0 aromatic heterocycles. The Morgan fingerprint density at radius 1 is 1.11 bits per heavy atom. The summed E-state index contributed by atoms with van der Waals surface area (Å²) in [5.74, 6) is -0.431. The van der Waals surface area contributed by atoms with Crippen molar-refractivity contribution < 1.29 is 13.2 Å². The molecule has 152 valence electrons. The average molecular weight is 443 g/mol. The molecule has 0 fully saturated rings. The third kappa shape index (κ3) is 4.99. The van der Waals surface area contributed by atoms with Crippen LogP contribution in [0, 0.1) is 20.8 Å². The fourth-order valence-electron chi connectivity index (χ4n) is 3.27. The molecule has 0 aliphatic heterocycles. The molecule has 0 spiro atoms. The summed E-state index contributed by atoms with van der Waals surface area (Å²) in [6.45, 7) is 7.53.